The maximum atomic E-state index is 15.3. The van der Waals surface area contributed by atoms with Gasteiger partial charge < -0.3 is 19.8 Å². The Morgan fingerprint density at radius 2 is 1.85 bits per heavy atom. The van der Waals surface area contributed by atoms with Gasteiger partial charge in [0.15, 0.2) is 0 Å². The molecule has 1 amide bonds. The van der Waals surface area contributed by atoms with E-state index in [9.17, 15) is 9.90 Å². The molecule has 0 bridgehead atoms. The number of ether oxygens (including phenoxy) is 1. The molecule has 11 heteroatoms. The number of benzene rings is 1. The molecule has 0 spiro atoms. The van der Waals surface area contributed by atoms with Crippen LogP contribution in [0.2, 0.25) is 0 Å². The van der Waals surface area contributed by atoms with Crippen LogP contribution < -0.4 is 4.74 Å². The normalized spacial score (nSPS) is 14.8. The molecular formula is C23H27F2N5O4. The Labute approximate surface area is 195 Å². The lowest BCUT2D eigenvalue weighted by Gasteiger charge is -2.21. The molecule has 9 nitrogen and oxygen atoms in total. The molecule has 1 aliphatic carbocycles. The number of carboxylic acid groups (broad SMARTS) is 1. The number of hydrogen-bond donors (Lipinski definition) is 2. The first-order valence-corrected chi connectivity index (χ1v) is 11.4. The Bertz CT molecular complexity index is 1150. The lowest BCUT2D eigenvalue weighted by Crippen LogP contribution is -2.26. The van der Waals surface area contributed by atoms with Crippen molar-refractivity contribution in [2.75, 3.05) is 20.2 Å². The van der Waals surface area contributed by atoms with Gasteiger partial charge in [0.25, 0.3) is 5.78 Å². The molecule has 0 saturated heterocycles. The van der Waals surface area contributed by atoms with E-state index in [0.717, 1.165) is 55.6 Å². The van der Waals surface area contributed by atoms with Crippen molar-refractivity contribution in [1.29, 1.82) is 0 Å². The lowest BCUT2D eigenvalue weighted by atomic mass is 9.90. The molecule has 0 radical (unpaired) electrons. The van der Waals surface area contributed by atoms with Crippen molar-refractivity contribution in [1.82, 2.24) is 24.5 Å². The summed E-state index contributed by atoms with van der Waals surface area (Å²) in [6.45, 7) is 0.307. The molecule has 0 atom stereocenters. The Hall–Kier alpha value is -3.50. The third-order valence-electron chi connectivity index (χ3n) is 6.18. The summed E-state index contributed by atoms with van der Waals surface area (Å²) >= 11 is 0. The Kier molecular flexibility index (Phi) is 7.09. The van der Waals surface area contributed by atoms with Gasteiger partial charge in [0.1, 0.15) is 23.7 Å². The van der Waals surface area contributed by atoms with E-state index >= 15 is 8.78 Å². The largest absolute Gasteiger partial charge is 0.493 e. The van der Waals surface area contributed by atoms with Gasteiger partial charge in [0, 0.05) is 31.6 Å². The number of aromatic nitrogens is 4. The predicted octanol–water partition coefficient (Wildman–Crippen LogP) is 4.59. The molecule has 3 aromatic rings. The first-order chi connectivity index (χ1) is 16.4. The second-order valence-electron chi connectivity index (χ2n) is 8.52. The van der Waals surface area contributed by atoms with Crippen molar-refractivity contribution in [2.45, 2.75) is 50.9 Å². The molecule has 4 rings (SSSR count). The number of amides is 1. The first kappa shape index (κ1) is 23.7. The van der Waals surface area contributed by atoms with Gasteiger partial charge in [0.05, 0.1) is 23.4 Å². The van der Waals surface area contributed by atoms with Crippen molar-refractivity contribution >= 4 is 11.9 Å². The first-order valence-electron chi connectivity index (χ1n) is 11.4. The highest BCUT2D eigenvalue weighted by Crippen LogP contribution is 2.43. The van der Waals surface area contributed by atoms with Crippen LogP contribution in [0, 0.1) is 11.6 Å². The van der Waals surface area contributed by atoms with E-state index < -0.39 is 23.6 Å². The van der Waals surface area contributed by atoms with Gasteiger partial charge in [-0.1, -0.05) is 25.7 Å². The maximum absolute atomic E-state index is 15.3. The van der Waals surface area contributed by atoms with Crippen LogP contribution in [0.1, 0.15) is 56.6 Å². The van der Waals surface area contributed by atoms with Crippen molar-refractivity contribution in [3.05, 3.63) is 35.8 Å². The van der Waals surface area contributed by atoms with E-state index in [4.69, 9.17) is 9.84 Å². The van der Waals surface area contributed by atoms with Crippen molar-refractivity contribution in [2.24, 2.45) is 0 Å². The molecule has 182 valence electrons. The zero-order chi connectivity index (χ0) is 24.2. The topological polar surface area (TPSA) is 113 Å². The van der Waals surface area contributed by atoms with Gasteiger partial charge >= 0.3 is 6.09 Å². The second kappa shape index (κ2) is 10.2. The Morgan fingerprint density at radius 3 is 2.50 bits per heavy atom. The molecule has 1 aliphatic rings. The van der Waals surface area contributed by atoms with Gasteiger partial charge in [-0.2, -0.15) is 15.1 Å². The summed E-state index contributed by atoms with van der Waals surface area (Å²) in [5.41, 5.74) is 0.0965. The van der Waals surface area contributed by atoms with Crippen LogP contribution in [0.3, 0.4) is 0 Å². The number of fused-ring (bicyclic) bond motifs is 1. The van der Waals surface area contributed by atoms with E-state index in [1.807, 2.05) is 0 Å². The molecule has 34 heavy (non-hydrogen) atoms. The van der Waals surface area contributed by atoms with Crippen LogP contribution in [0.25, 0.3) is 16.9 Å². The molecule has 2 heterocycles. The molecular weight excluding hydrogens is 448 g/mol. The summed E-state index contributed by atoms with van der Waals surface area (Å²) < 4.78 is 37.5. The summed E-state index contributed by atoms with van der Waals surface area (Å²) in [6.07, 6.45) is 6.31. The minimum Gasteiger partial charge on any atom is -0.493 e. The quantitative estimate of drug-likeness (QED) is 0.379. The molecule has 2 N–H and O–H groups in total. The highest BCUT2D eigenvalue weighted by Gasteiger charge is 2.29. The average Bonchev–Trinajstić information content (AvgIpc) is 3.08. The highest BCUT2D eigenvalue weighted by molar-refractivity contribution is 5.74. The van der Waals surface area contributed by atoms with Crippen molar-refractivity contribution in [3.8, 4) is 22.8 Å². The summed E-state index contributed by atoms with van der Waals surface area (Å²) in [5, 5.41) is 23.8. The fraction of sp³-hybridized carbons (Fsp3) is 0.478. The smallest absolute Gasteiger partial charge is 0.407 e. The predicted molar refractivity (Wildman–Crippen MR) is 119 cm³/mol. The average molecular weight is 475 g/mol. The third-order valence-corrected chi connectivity index (χ3v) is 6.18. The summed E-state index contributed by atoms with van der Waals surface area (Å²) in [7, 11) is 1.43. The SMILES string of the molecule is CN(CCCOc1cc(F)c(-c2c(O)nc3ncnn3c2C2CCCCCC2)c(F)c1)C(=O)O. The summed E-state index contributed by atoms with van der Waals surface area (Å²) in [5.74, 6) is -2.21. The molecule has 1 aromatic carbocycles. The number of hydrogen-bond acceptors (Lipinski definition) is 6. The summed E-state index contributed by atoms with van der Waals surface area (Å²) in [4.78, 5) is 20.0. The van der Waals surface area contributed by atoms with Gasteiger partial charge in [0.2, 0.25) is 5.88 Å². The monoisotopic (exact) mass is 475 g/mol. The second-order valence-corrected chi connectivity index (χ2v) is 8.52. The van der Waals surface area contributed by atoms with Gasteiger partial charge in [-0.25, -0.2) is 18.1 Å². The van der Waals surface area contributed by atoms with Crippen LogP contribution >= 0.6 is 0 Å². The maximum Gasteiger partial charge on any atom is 0.407 e. The van der Waals surface area contributed by atoms with Crippen LogP contribution in [-0.2, 0) is 0 Å². The standard InChI is InChI=1S/C23H27F2N5O4/c1-29(23(32)33)9-6-10-34-15-11-16(24)18(17(25)12-15)19-20(14-7-4-2-3-5-8-14)30-22(26-13-27-30)28-21(19)31/h11-14H,2-10H2,1H3,(H,32,33)(H,26,27,28,31). The fourth-order valence-corrected chi connectivity index (χ4v) is 4.48. The van der Waals surface area contributed by atoms with Crippen LogP contribution in [0.5, 0.6) is 11.6 Å². The zero-order valence-electron chi connectivity index (χ0n) is 18.9. The molecule has 0 aliphatic heterocycles. The van der Waals surface area contributed by atoms with Gasteiger partial charge in [-0.3, -0.25) is 0 Å². The van der Waals surface area contributed by atoms with Crippen LogP contribution in [0.15, 0.2) is 18.5 Å². The van der Waals surface area contributed by atoms with Gasteiger partial charge in [-0.05, 0) is 19.3 Å². The minimum absolute atomic E-state index is 0.0190. The Balaban J connectivity index is 1.68. The fourth-order valence-electron chi connectivity index (χ4n) is 4.48. The van der Waals surface area contributed by atoms with E-state index in [-0.39, 0.29) is 41.7 Å². The number of halogens is 2. The van der Waals surface area contributed by atoms with E-state index in [1.54, 1.807) is 0 Å². The van der Waals surface area contributed by atoms with Crippen LogP contribution in [-0.4, -0.2) is 61.0 Å². The molecule has 1 fully saturated rings. The lowest BCUT2D eigenvalue weighted by molar-refractivity contribution is 0.152. The van der Waals surface area contributed by atoms with E-state index in [2.05, 4.69) is 15.1 Å². The number of nitrogens with zero attached hydrogens (tertiary/aromatic N) is 5. The van der Waals surface area contributed by atoms with Crippen LogP contribution in [0.4, 0.5) is 13.6 Å². The number of carbonyl (C=O) groups is 1. The van der Waals surface area contributed by atoms with E-state index in [0.29, 0.717) is 12.1 Å². The highest BCUT2D eigenvalue weighted by atomic mass is 19.1. The molecule has 1 saturated carbocycles. The molecule has 2 aromatic heterocycles. The molecule has 0 unspecified atom stereocenters. The minimum atomic E-state index is -1.07. The van der Waals surface area contributed by atoms with Crippen molar-refractivity contribution < 1.29 is 28.5 Å². The van der Waals surface area contributed by atoms with Gasteiger partial charge in [-0.15, -0.1) is 0 Å². The van der Waals surface area contributed by atoms with Crippen molar-refractivity contribution in [3.63, 3.8) is 0 Å². The number of aromatic hydroxyl groups is 1. The Morgan fingerprint density at radius 1 is 1.18 bits per heavy atom. The third kappa shape index (κ3) is 4.87. The zero-order valence-corrected chi connectivity index (χ0v) is 18.9. The summed E-state index contributed by atoms with van der Waals surface area (Å²) in [6, 6.07) is 2.11. The number of rotatable bonds is 7. The van der Waals surface area contributed by atoms with E-state index in [1.165, 1.54) is 17.9 Å².